The molecule has 0 saturated carbocycles. The maximum absolute atomic E-state index is 12.4. The van der Waals surface area contributed by atoms with Crippen molar-refractivity contribution in [3.05, 3.63) is 42.1 Å². The van der Waals surface area contributed by atoms with Gasteiger partial charge < -0.3 is 0 Å². The predicted octanol–water partition coefficient (Wildman–Crippen LogP) is 2.72. The molecule has 1 N–H and O–H groups in total. The minimum atomic E-state index is -4.50. The Hall–Kier alpha value is -2.03. The van der Waals surface area contributed by atoms with E-state index in [1.807, 2.05) is 0 Å². The van der Waals surface area contributed by atoms with Gasteiger partial charge in [-0.25, -0.2) is 13.1 Å². The van der Waals surface area contributed by atoms with Crippen molar-refractivity contribution in [3.63, 3.8) is 0 Å². The Balaban J connectivity index is 2.28. The molecule has 0 aliphatic heterocycles. The van der Waals surface area contributed by atoms with Gasteiger partial charge in [-0.3, -0.25) is 4.72 Å². The fraction of sp³-hybridized carbons (Fsp3) is 0.250. The van der Waals surface area contributed by atoms with Gasteiger partial charge in [0.15, 0.2) is 0 Å². The van der Waals surface area contributed by atoms with Crippen molar-refractivity contribution in [1.29, 1.82) is 0 Å². The highest BCUT2D eigenvalue weighted by Gasteiger charge is 2.30. The summed E-state index contributed by atoms with van der Waals surface area (Å²) in [4.78, 5) is -0.251. The molecule has 5 nitrogen and oxygen atoms in total. The molecule has 0 unspecified atom stereocenters. The van der Waals surface area contributed by atoms with Crippen molar-refractivity contribution in [1.82, 2.24) is 9.78 Å². The monoisotopic (exact) mass is 319 g/mol. The number of rotatable bonds is 4. The van der Waals surface area contributed by atoms with Crippen LogP contribution in [0.15, 0.2) is 41.4 Å². The summed E-state index contributed by atoms with van der Waals surface area (Å²) in [7, 11) is -3.96. The topological polar surface area (TPSA) is 64.0 Å². The molecule has 114 valence electrons. The van der Waals surface area contributed by atoms with Crippen molar-refractivity contribution in [2.24, 2.45) is 0 Å². The van der Waals surface area contributed by atoms with Gasteiger partial charge in [0.2, 0.25) is 0 Å². The van der Waals surface area contributed by atoms with Crippen LogP contribution in [-0.2, 0) is 22.7 Å². The lowest BCUT2D eigenvalue weighted by molar-refractivity contribution is -0.137. The van der Waals surface area contributed by atoms with Crippen LogP contribution in [0, 0.1) is 0 Å². The normalized spacial score (nSPS) is 12.4. The molecule has 0 fully saturated rings. The van der Waals surface area contributed by atoms with Gasteiger partial charge in [-0.15, -0.1) is 0 Å². The number of sulfonamides is 1. The molecule has 21 heavy (non-hydrogen) atoms. The molecule has 2 rings (SSSR count). The molecule has 1 heterocycles. The minimum Gasteiger partial charge on any atom is -0.264 e. The van der Waals surface area contributed by atoms with E-state index in [-0.39, 0.29) is 10.7 Å². The summed E-state index contributed by atoms with van der Waals surface area (Å²) in [5, 5.41) is 3.90. The fourth-order valence-electron chi connectivity index (χ4n) is 1.69. The molecular weight excluding hydrogens is 307 g/mol. The van der Waals surface area contributed by atoms with E-state index < -0.39 is 21.8 Å². The third-order valence-corrected chi connectivity index (χ3v) is 4.12. The van der Waals surface area contributed by atoms with Crippen LogP contribution in [0.5, 0.6) is 0 Å². The van der Waals surface area contributed by atoms with Crippen LogP contribution in [-0.4, -0.2) is 18.2 Å². The summed E-state index contributed by atoms with van der Waals surface area (Å²) in [6, 6.07) is 4.75. The molecule has 9 heteroatoms. The van der Waals surface area contributed by atoms with E-state index >= 15 is 0 Å². The molecule has 2 aromatic rings. The van der Waals surface area contributed by atoms with Crippen molar-refractivity contribution in [3.8, 4) is 0 Å². The molecule has 0 spiro atoms. The molecule has 0 aliphatic rings. The summed E-state index contributed by atoms with van der Waals surface area (Å²) in [5.41, 5.74) is -0.903. The number of benzene rings is 1. The second kappa shape index (κ2) is 5.40. The Morgan fingerprint density at radius 2 is 1.81 bits per heavy atom. The van der Waals surface area contributed by atoms with Crippen molar-refractivity contribution in [2.45, 2.75) is 24.5 Å². The molecule has 0 radical (unpaired) electrons. The average molecular weight is 319 g/mol. The van der Waals surface area contributed by atoms with Crippen molar-refractivity contribution >= 4 is 15.8 Å². The molecule has 1 aromatic heterocycles. The fourth-order valence-corrected chi connectivity index (χ4v) is 2.75. The Morgan fingerprint density at radius 1 is 1.19 bits per heavy atom. The van der Waals surface area contributed by atoms with Gasteiger partial charge in [0.1, 0.15) is 5.82 Å². The smallest absolute Gasteiger partial charge is 0.264 e. The lowest BCUT2D eigenvalue weighted by atomic mass is 10.2. The second-order valence-electron chi connectivity index (χ2n) is 4.16. The van der Waals surface area contributed by atoms with Crippen LogP contribution < -0.4 is 4.72 Å². The summed E-state index contributed by atoms with van der Waals surface area (Å²) >= 11 is 0. The number of alkyl halides is 3. The van der Waals surface area contributed by atoms with Gasteiger partial charge in [-0.1, -0.05) is 0 Å². The Morgan fingerprint density at radius 3 is 2.33 bits per heavy atom. The highest BCUT2D eigenvalue weighted by atomic mass is 32.2. The van der Waals surface area contributed by atoms with Gasteiger partial charge >= 0.3 is 6.18 Å². The standard InChI is InChI=1S/C12H12F3N3O2S/c1-2-18-11(7-8-16-18)17-21(19,20)10-5-3-9(4-6-10)12(13,14)15/h3-8,17H,2H2,1H3. The molecule has 0 bridgehead atoms. The first-order valence-corrected chi connectivity index (χ1v) is 7.44. The molecular formula is C12H12F3N3O2S. The first-order chi connectivity index (χ1) is 9.74. The summed E-state index contributed by atoms with van der Waals surface area (Å²) < 4.78 is 65.2. The van der Waals surface area contributed by atoms with Gasteiger partial charge in [0, 0.05) is 12.6 Å². The highest BCUT2D eigenvalue weighted by molar-refractivity contribution is 7.92. The largest absolute Gasteiger partial charge is 0.416 e. The summed E-state index contributed by atoms with van der Waals surface area (Å²) in [6.07, 6.45) is -3.08. The third-order valence-electron chi connectivity index (χ3n) is 2.75. The number of hydrogen-bond acceptors (Lipinski definition) is 3. The second-order valence-corrected chi connectivity index (χ2v) is 5.84. The zero-order valence-electron chi connectivity index (χ0n) is 10.9. The molecule has 1 aromatic carbocycles. The predicted molar refractivity (Wildman–Crippen MR) is 70.2 cm³/mol. The van der Waals surface area contributed by atoms with Gasteiger partial charge in [0.05, 0.1) is 16.7 Å². The maximum atomic E-state index is 12.4. The van der Waals surface area contributed by atoms with Crippen LogP contribution in [0.1, 0.15) is 12.5 Å². The number of nitrogens with one attached hydrogen (secondary N) is 1. The quantitative estimate of drug-likeness (QED) is 0.942. The number of halogens is 3. The van der Waals surface area contributed by atoms with E-state index in [0.717, 1.165) is 24.3 Å². The highest BCUT2D eigenvalue weighted by Crippen LogP contribution is 2.29. The first kappa shape index (κ1) is 15.4. The summed E-state index contributed by atoms with van der Waals surface area (Å²) in [5.74, 6) is 0.248. The Kier molecular flexibility index (Phi) is 3.95. The van der Waals surface area contributed by atoms with E-state index in [0.29, 0.717) is 6.54 Å². The number of aryl methyl sites for hydroxylation is 1. The van der Waals surface area contributed by atoms with E-state index in [9.17, 15) is 21.6 Å². The number of nitrogens with zero attached hydrogens (tertiary/aromatic N) is 2. The minimum absolute atomic E-state index is 0.248. The van der Waals surface area contributed by atoms with Crippen molar-refractivity contribution < 1.29 is 21.6 Å². The first-order valence-electron chi connectivity index (χ1n) is 5.96. The maximum Gasteiger partial charge on any atom is 0.416 e. The van der Waals surface area contributed by atoms with E-state index in [2.05, 4.69) is 9.82 Å². The van der Waals surface area contributed by atoms with E-state index in [4.69, 9.17) is 0 Å². The Labute approximate surface area is 119 Å². The zero-order chi connectivity index (χ0) is 15.7. The SMILES string of the molecule is CCn1nccc1NS(=O)(=O)c1ccc(C(F)(F)F)cc1. The van der Waals surface area contributed by atoms with Gasteiger partial charge in [-0.2, -0.15) is 18.3 Å². The molecule has 0 aliphatic carbocycles. The zero-order valence-corrected chi connectivity index (χ0v) is 11.7. The van der Waals surface area contributed by atoms with Crippen LogP contribution in [0.4, 0.5) is 19.0 Å². The van der Waals surface area contributed by atoms with Crippen LogP contribution in [0.3, 0.4) is 0 Å². The lowest BCUT2D eigenvalue weighted by Crippen LogP contribution is -2.16. The average Bonchev–Trinajstić information content (AvgIpc) is 2.84. The Bertz CT molecular complexity index is 721. The van der Waals surface area contributed by atoms with Crippen LogP contribution in [0.2, 0.25) is 0 Å². The molecule has 0 amide bonds. The van der Waals surface area contributed by atoms with Crippen molar-refractivity contribution in [2.75, 3.05) is 4.72 Å². The number of hydrogen-bond donors (Lipinski definition) is 1. The number of anilines is 1. The third kappa shape index (κ3) is 3.35. The molecule has 0 saturated heterocycles. The van der Waals surface area contributed by atoms with Crippen LogP contribution >= 0.6 is 0 Å². The van der Waals surface area contributed by atoms with E-state index in [1.54, 1.807) is 6.92 Å². The van der Waals surface area contributed by atoms with Crippen LogP contribution in [0.25, 0.3) is 0 Å². The number of aromatic nitrogens is 2. The summed E-state index contributed by atoms with van der Waals surface area (Å²) in [6.45, 7) is 2.24. The van der Waals surface area contributed by atoms with E-state index in [1.165, 1.54) is 16.9 Å². The van der Waals surface area contributed by atoms with Gasteiger partial charge in [0.25, 0.3) is 10.0 Å². The van der Waals surface area contributed by atoms with Gasteiger partial charge in [-0.05, 0) is 31.2 Å². The molecule has 0 atom stereocenters. The lowest BCUT2D eigenvalue weighted by Gasteiger charge is -2.10.